The topological polar surface area (TPSA) is 46.6 Å². The van der Waals surface area contributed by atoms with Gasteiger partial charge in [-0.1, -0.05) is 54.5 Å². The maximum atomic E-state index is 12.3. The first-order chi connectivity index (χ1) is 10.7. The Labute approximate surface area is 128 Å². The molecule has 1 aliphatic heterocycles. The van der Waals surface area contributed by atoms with E-state index < -0.39 is 11.8 Å². The highest BCUT2D eigenvalue weighted by Crippen LogP contribution is 2.27. The molecule has 0 saturated carbocycles. The van der Waals surface area contributed by atoms with Crippen molar-refractivity contribution < 1.29 is 14.4 Å². The van der Waals surface area contributed by atoms with Crippen LogP contribution in [0.25, 0.3) is 5.76 Å². The Morgan fingerprint density at radius 3 is 2.05 bits per heavy atom. The fourth-order valence-electron chi connectivity index (χ4n) is 2.34. The van der Waals surface area contributed by atoms with Crippen molar-refractivity contribution in [2.45, 2.75) is 13.3 Å². The van der Waals surface area contributed by atoms with Crippen LogP contribution in [0.15, 0.2) is 60.7 Å². The summed E-state index contributed by atoms with van der Waals surface area (Å²) in [5.74, 6) is -0.366. The van der Waals surface area contributed by atoms with Crippen LogP contribution < -0.4 is 0 Å². The van der Waals surface area contributed by atoms with E-state index in [1.165, 1.54) is 0 Å². The van der Waals surface area contributed by atoms with Crippen molar-refractivity contribution in [3.05, 3.63) is 77.4 Å². The lowest BCUT2D eigenvalue weighted by atomic mass is 10.1. The number of allylic oxidation sites excluding steroid dienone is 1. The van der Waals surface area contributed by atoms with Gasteiger partial charge >= 0.3 is 0 Å². The van der Waals surface area contributed by atoms with Crippen LogP contribution in [0.2, 0.25) is 0 Å². The molecular formula is C18H15NO3. The zero-order valence-corrected chi connectivity index (χ0v) is 12.2. The first kappa shape index (κ1) is 14.1. The molecule has 0 unspecified atom stereocenters. The molecule has 3 rings (SSSR count). The van der Waals surface area contributed by atoms with E-state index in [9.17, 15) is 9.59 Å². The molecule has 0 spiro atoms. The van der Waals surface area contributed by atoms with Crippen LogP contribution in [-0.4, -0.2) is 16.9 Å². The predicted octanol–water partition coefficient (Wildman–Crippen LogP) is 3.67. The normalized spacial score (nSPS) is 14.2. The van der Waals surface area contributed by atoms with Crippen molar-refractivity contribution in [2.75, 3.05) is 0 Å². The molecule has 0 fully saturated rings. The third-order valence-electron chi connectivity index (χ3n) is 3.39. The summed E-state index contributed by atoms with van der Waals surface area (Å²) in [5.41, 5.74) is 1.56. The number of nitrogens with zero attached hydrogens (tertiary/aromatic N) is 1. The van der Waals surface area contributed by atoms with E-state index in [0.717, 1.165) is 17.0 Å². The second-order valence-corrected chi connectivity index (χ2v) is 4.88. The standard InChI is InChI=1S/C18H15NO3/c1-2-8-16(13-9-4-3-5-10-13)22-19-17(20)14-11-6-7-12-15(14)18(19)21/h3-12H,2H2,1H3/b16-8-. The van der Waals surface area contributed by atoms with Crippen molar-refractivity contribution in [1.29, 1.82) is 0 Å². The largest absolute Gasteiger partial charge is 0.368 e. The lowest BCUT2D eigenvalue weighted by Gasteiger charge is -2.17. The molecule has 110 valence electrons. The van der Waals surface area contributed by atoms with Gasteiger partial charge in [0, 0.05) is 5.56 Å². The minimum absolute atomic E-state index is 0.372. The first-order valence-corrected chi connectivity index (χ1v) is 7.13. The van der Waals surface area contributed by atoms with Crippen molar-refractivity contribution in [3.8, 4) is 0 Å². The molecule has 0 bridgehead atoms. The molecule has 22 heavy (non-hydrogen) atoms. The van der Waals surface area contributed by atoms with Crippen LogP contribution in [0.3, 0.4) is 0 Å². The average Bonchev–Trinajstić information content (AvgIpc) is 2.80. The van der Waals surface area contributed by atoms with E-state index in [0.29, 0.717) is 16.9 Å². The molecule has 4 heteroatoms. The molecule has 4 nitrogen and oxygen atoms in total. The SMILES string of the molecule is CC/C=C(\ON1C(=O)c2ccccc2C1=O)c1ccccc1. The first-order valence-electron chi connectivity index (χ1n) is 7.13. The van der Waals surface area contributed by atoms with E-state index in [1.807, 2.05) is 43.3 Å². The van der Waals surface area contributed by atoms with Gasteiger partial charge < -0.3 is 4.84 Å². The van der Waals surface area contributed by atoms with Gasteiger partial charge in [-0.25, -0.2) is 0 Å². The summed E-state index contributed by atoms with van der Waals surface area (Å²) in [7, 11) is 0. The van der Waals surface area contributed by atoms with E-state index in [1.54, 1.807) is 24.3 Å². The number of imide groups is 1. The van der Waals surface area contributed by atoms with Crippen molar-refractivity contribution in [3.63, 3.8) is 0 Å². The number of hydroxylamine groups is 2. The quantitative estimate of drug-likeness (QED) is 0.638. The fraction of sp³-hybridized carbons (Fsp3) is 0.111. The molecule has 0 atom stereocenters. The van der Waals surface area contributed by atoms with Crippen LogP contribution in [0.1, 0.15) is 39.6 Å². The molecule has 2 aromatic rings. The maximum absolute atomic E-state index is 12.3. The number of hydrogen-bond acceptors (Lipinski definition) is 3. The molecule has 0 radical (unpaired) electrons. The zero-order valence-electron chi connectivity index (χ0n) is 12.2. The Morgan fingerprint density at radius 1 is 0.955 bits per heavy atom. The van der Waals surface area contributed by atoms with Gasteiger partial charge in [-0.3, -0.25) is 9.59 Å². The summed E-state index contributed by atoms with van der Waals surface area (Å²) < 4.78 is 0. The number of carbonyl (C=O) groups is 2. The molecular weight excluding hydrogens is 278 g/mol. The summed E-state index contributed by atoms with van der Waals surface area (Å²) in [5, 5.41) is 0.832. The molecule has 2 amide bonds. The highest BCUT2D eigenvalue weighted by Gasteiger charge is 2.37. The van der Waals surface area contributed by atoms with Crippen LogP contribution in [0.4, 0.5) is 0 Å². The summed E-state index contributed by atoms with van der Waals surface area (Å²) in [6.45, 7) is 1.97. The van der Waals surface area contributed by atoms with Crippen LogP contribution in [-0.2, 0) is 4.84 Å². The van der Waals surface area contributed by atoms with Crippen LogP contribution >= 0.6 is 0 Å². The van der Waals surface area contributed by atoms with Gasteiger partial charge in [0.2, 0.25) is 0 Å². The molecule has 1 aliphatic rings. The number of hydrogen-bond donors (Lipinski definition) is 0. The van der Waals surface area contributed by atoms with E-state index in [4.69, 9.17) is 4.84 Å². The fourth-order valence-corrected chi connectivity index (χ4v) is 2.34. The van der Waals surface area contributed by atoms with Gasteiger partial charge in [-0.05, 0) is 24.6 Å². The number of benzene rings is 2. The van der Waals surface area contributed by atoms with Gasteiger partial charge in [0.15, 0.2) is 5.76 Å². The Hall–Kier alpha value is -2.88. The predicted molar refractivity (Wildman–Crippen MR) is 82.7 cm³/mol. The van der Waals surface area contributed by atoms with Gasteiger partial charge in [-0.15, -0.1) is 0 Å². The Kier molecular flexibility index (Phi) is 3.74. The van der Waals surface area contributed by atoms with Crippen molar-refractivity contribution in [1.82, 2.24) is 5.06 Å². The number of amides is 2. The number of fused-ring (bicyclic) bond motifs is 1. The van der Waals surface area contributed by atoms with Crippen molar-refractivity contribution >= 4 is 17.6 Å². The molecule has 0 saturated heterocycles. The molecule has 0 aromatic heterocycles. The summed E-state index contributed by atoms with van der Waals surface area (Å²) >= 11 is 0. The highest BCUT2D eigenvalue weighted by atomic mass is 16.7. The Balaban J connectivity index is 1.91. The summed E-state index contributed by atoms with van der Waals surface area (Å²) in [6, 6.07) is 16.1. The van der Waals surface area contributed by atoms with Crippen molar-refractivity contribution in [2.24, 2.45) is 0 Å². The van der Waals surface area contributed by atoms with Gasteiger partial charge in [0.25, 0.3) is 11.8 Å². The summed E-state index contributed by atoms with van der Waals surface area (Å²) in [6.07, 6.45) is 2.58. The third-order valence-corrected chi connectivity index (χ3v) is 3.39. The minimum atomic E-state index is -0.432. The Morgan fingerprint density at radius 2 is 1.50 bits per heavy atom. The minimum Gasteiger partial charge on any atom is -0.368 e. The monoisotopic (exact) mass is 293 g/mol. The van der Waals surface area contributed by atoms with E-state index >= 15 is 0 Å². The highest BCUT2D eigenvalue weighted by molar-refractivity contribution is 6.20. The molecule has 2 aromatic carbocycles. The maximum Gasteiger partial charge on any atom is 0.295 e. The second-order valence-electron chi connectivity index (χ2n) is 4.88. The number of carbonyl (C=O) groups excluding carboxylic acids is 2. The lowest BCUT2D eigenvalue weighted by molar-refractivity contribution is -0.0319. The summed E-state index contributed by atoms with van der Waals surface area (Å²) in [4.78, 5) is 30.3. The number of rotatable bonds is 4. The lowest BCUT2D eigenvalue weighted by Crippen LogP contribution is -2.29. The third kappa shape index (κ3) is 2.39. The van der Waals surface area contributed by atoms with Gasteiger partial charge in [-0.2, -0.15) is 0 Å². The average molecular weight is 293 g/mol. The second kappa shape index (κ2) is 5.85. The molecule has 1 heterocycles. The van der Waals surface area contributed by atoms with Crippen LogP contribution in [0.5, 0.6) is 0 Å². The zero-order chi connectivity index (χ0) is 15.5. The molecule has 0 N–H and O–H groups in total. The Bertz CT molecular complexity index is 715. The van der Waals surface area contributed by atoms with E-state index in [2.05, 4.69) is 0 Å². The smallest absolute Gasteiger partial charge is 0.295 e. The molecule has 0 aliphatic carbocycles. The van der Waals surface area contributed by atoms with Gasteiger partial charge in [0.1, 0.15) is 0 Å². The van der Waals surface area contributed by atoms with Gasteiger partial charge in [0.05, 0.1) is 11.1 Å². The van der Waals surface area contributed by atoms with Crippen LogP contribution in [0, 0.1) is 0 Å². The van der Waals surface area contributed by atoms with E-state index in [-0.39, 0.29) is 0 Å².